The van der Waals surface area contributed by atoms with Crippen molar-refractivity contribution in [3.8, 4) is 0 Å². The lowest BCUT2D eigenvalue weighted by molar-refractivity contribution is -0.138. The molecule has 0 atom stereocenters. The number of hydrogen-bond acceptors (Lipinski definition) is 5. The quantitative estimate of drug-likeness (QED) is 0.508. The van der Waals surface area contributed by atoms with E-state index in [1.165, 1.54) is 22.9 Å². The summed E-state index contributed by atoms with van der Waals surface area (Å²) in [4.78, 5) is 36.4. The van der Waals surface area contributed by atoms with E-state index in [1.807, 2.05) is 0 Å². The Balaban J connectivity index is 1.67. The topological polar surface area (TPSA) is 98.3 Å². The minimum atomic E-state index is -4.57. The normalized spacial score (nSPS) is 15.7. The van der Waals surface area contributed by atoms with Crippen molar-refractivity contribution in [3.05, 3.63) is 68.7 Å². The Hall–Kier alpha value is -3.31. The molecule has 3 amide bonds. The molecular formula is C22H16ClF3N4O3S. The SMILES string of the molecule is Cc1nn(Cc2ccc(Cl)cc2C(F)(F)F)c2ccc(/C=C3\SC(=O)N(CC(N)=O)C3=O)cc12. The van der Waals surface area contributed by atoms with Crippen molar-refractivity contribution < 1.29 is 27.6 Å². The number of fused-ring (bicyclic) bond motifs is 1. The van der Waals surface area contributed by atoms with Crippen molar-refractivity contribution in [2.45, 2.75) is 19.6 Å². The molecule has 176 valence electrons. The Kier molecular flexibility index (Phi) is 6.17. The summed E-state index contributed by atoms with van der Waals surface area (Å²) in [6, 6.07) is 8.67. The van der Waals surface area contributed by atoms with Crippen LogP contribution in [-0.4, -0.2) is 38.3 Å². The first-order valence-electron chi connectivity index (χ1n) is 9.80. The highest BCUT2D eigenvalue weighted by Gasteiger charge is 2.36. The van der Waals surface area contributed by atoms with E-state index < -0.39 is 35.3 Å². The minimum Gasteiger partial charge on any atom is -0.368 e. The van der Waals surface area contributed by atoms with Gasteiger partial charge in [0.2, 0.25) is 5.91 Å². The third-order valence-electron chi connectivity index (χ3n) is 5.14. The van der Waals surface area contributed by atoms with Crippen LogP contribution >= 0.6 is 23.4 Å². The van der Waals surface area contributed by atoms with E-state index in [0.717, 1.165) is 11.0 Å². The number of primary amides is 1. The first-order valence-corrected chi connectivity index (χ1v) is 11.0. The lowest BCUT2D eigenvalue weighted by atomic mass is 10.1. The van der Waals surface area contributed by atoms with Gasteiger partial charge in [-0.25, -0.2) is 0 Å². The Bertz CT molecular complexity index is 1380. The van der Waals surface area contributed by atoms with Crippen molar-refractivity contribution >= 4 is 57.4 Å². The molecule has 0 aliphatic carbocycles. The number of halogens is 4. The van der Waals surface area contributed by atoms with E-state index in [-0.39, 0.29) is 22.0 Å². The average Bonchev–Trinajstić information content (AvgIpc) is 3.19. The van der Waals surface area contributed by atoms with Crippen molar-refractivity contribution in [1.82, 2.24) is 14.7 Å². The van der Waals surface area contributed by atoms with Crippen molar-refractivity contribution in [3.63, 3.8) is 0 Å². The second kappa shape index (κ2) is 8.80. The summed E-state index contributed by atoms with van der Waals surface area (Å²) in [5.74, 6) is -1.42. The monoisotopic (exact) mass is 508 g/mol. The van der Waals surface area contributed by atoms with Gasteiger partial charge in [0.25, 0.3) is 11.1 Å². The van der Waals surface area contributed by atoms with Gasteiger partial charge in [-0.3, -0.25) is 24.0 Å². The fourth-order valence-corrected chi connectivity index (χ4v) is 4.63. The standard InChI is InChI=1S/C22H16ClF3N4O3S/c1-11-15-6-12(7-18-20(32)29(10-19(27)31)21(33)34-18)2-5-17(15)30(28-11)9-13-3-4-14(23)8-16(13)22(24,25)26/h2-8H,9-10H2,1H3,(H2,27,31)/b18-7-. The van der Waals surface area contributed by atoms with Crippen LogP contribution in [0.2, 0.25) is 5.02 Å². The molecule has 4 rings (SSSR count). The molecule has 2 aromatic carbocycles. The third kappa shape index (κ3) is 4.66. The van der Waals surface area contributed by atoms with Crippen LogP contribution in [0.25, 0.3) is 17.0 Å². The van der Waals surface area contributed by atoms with Gasteiger partial charge in [0.1, 0.15) is 6.54 Å². The number of thioether (sulfide) groups is 1. The summed E-state index contributed by atoms with van der Waals surface area (Å²) in [5, 5.41) is 4.45. The number of nitrogens with two attached hydrogens (primary N) is 1. The van der Waals surface area contributed by atoms with E-state index >= 15 is 0 Å². The summed E-state index contributed by atoms with van der Waals surface area (Å²) >= 11 is 6.46. The van der Waals surface area contributed by atoms with Gasteiger partial charge in [-0.1, -0.05) is 23.7 Å². The van der Waals surface area contributed by atoms with E-state index in [2.05, 4.69) is 5.10 Å². The van der Waals surface area contributed by atoms with Crippen molar-refractivity contribution in [1.29, 1.82) is 0 Å². The molecule has 0 radical (unpaired) electrons. The number of aromatic nitrogens is 2. The molecule has 1 aromatic heterocycles. The molecule has 12 heteroatoms. The van der Waals surface area contributed by atoms with Gasteiger partial charge < -0.3 is 5.73 Å². The molecule has 7 nitrogen and oxygen atoms in total. The Morgan fingerprint density at radius 2 is 1.94 bits per heavy atom. The first kappa shape index (κ1) is 23.8. The number of benzene rings is 2. The molecule has 2 N–H and O–H groups in total. The number of carbonyl (C=O) groups excluding carboxylic acids is 3. The van der Waals surface area contributed by atoms with Crippen molar-refractivity contribution in [2.24, 2.45) is 5.73 Å². The Morgan fingerprint density at radius 3 is 2.62 bits per heavy atom. The number of carbonyl (C=O) groups is 3. The number of aryl methyl sites for hydroxylation is 1. The van der Waals surface area contributed by atoms with E-state index in [9.17, 15) is 27.6 Å². The van der Waals surface area contributed by atoms with Gasteiger partial charge in [0.15, 0.2) is 0 Å². The van der Waals surface area contributed by atoms with Crippen LogP contribution in [-0.2, 0) is 22.3 Å². The fraction of sp³-hybridized carbons (Fsp3) is 0.182. The number of rotatable bonds is 5. The third-order valence-corrected chi connectivity index (χ3v) is 6.28. The van der Waals surface area contributed by atoms with Crippen LogP contribution in [0.1, 0.15) is 22.4 Å². The van der Waals surface area contributed by atoms with E-state index in [4.69, 9.17) is 17.3 Å². The lowest BCUT2D eigenvalue weighted by Crippen LogP contribution is -2.36. The van der Waals surface area contributed by atoms with Gasteiger partial charge in [0, 0.05) is 10.4 Å². The second-order valence-corrected chi connectivity index (χ2v) is 8.98. The molecular weight excluding hydrogens is 493 g/mol. The summed E-state index contributed by atoms with van der Waals surface area (Å²) in [5.41, 5.74) is 6.03. The highest BCUT2D eigenvalue weighted by Crippen LogP contribution is 2.35. The maximum absolute atomic E-state index is 13.5. The maximum atomic E-state index is 13.5. The molecule has 0 bridgehead atoms. The number of imide groups is 1. The molecule has 0 spiro atoms. The zero-order valence-electron chi connectivity index (χ0n) is 17.5. The molecule has 2 heterocycles. The molecule has 1 aliphatic rings. The smallest absolute Gasteiger partial charge is 0.368 e. The lowest BCUT2D eigenvalue weighted by Gasteiger charge is -2.14. The summed E-state index contributed by atoms with van der Waals surface area (Å²) in [6.07, 6.45) is -3.06. The van der Waals surface area contributed by atoms with Gasteiger partial charge >= 0.3 is 6.18 Å². The maximum Gasteiger partial charge on any atom is 0.416 e. The molecule has 1 aliphatic heterocycles. The Morgan fingerprint density at radius 1 is 1.21 bits per heavy atom. The van der Waals surface area contributed by atoms with Crippen LogP contribution < -0.4 is 5.73 Å². The summed E-state index contributed by atoms with van der Waals surface area (Å²) in [7, 11) is 0. The molecule has 0 saturated carbocycles. The van der Waals surface area contributed by atoms with Gasteiger partial charge in [-0.2, -0.15) is 18.3 Å². The van der Waals surface area contributed by atoms with Crippen LogP contribution in [0, 0.1) is 6.92 Å². The molecule has 1 saturated heterocycles. The number of alkyl halides is 3. The molecule has 34 heavy (non-hydrogen) atoms. The molecule has 0 unspecified atom stereocenters. The van der Waals surface area contributed by atoms with Crippen LogP contribution in [0.3, 0.4) is 0 Å². The predicted octanol–water partition coefficient (Wildman–Crippen LogP) is 4.59. The van der Waals surface area contributed by atoms with Crippen LogP contribution in [0.4, 0.5) is 18.0 Å². The van der Waals surface area contributed by atoms with Gasteiger partial charge in [-0.15, -0.1) is 0 Å². The predicted molar refractivity (Wildman–Crippen MR) is 122 cm³/mol. The summed E-state index contributed by atoms with van der Waals surface area (Å²) in [6.45, 7) is 1.09. The number of amides is 3. The zero-order valence-corrected chi connectivity index (χ0v) is 19.1. The van der Waals surface area contributed by atoms with Gasteiger partial charge in [-0.05, 0) is 60.2 Å². The highest BCUT2D eigenvalue weighted by atomic mass is 35.5. The second-order valence-electron chi connectivity index (χ2n) is 7.55. The first-order chi connectivity index (χ1) is 15.9. The van der Waals surface area contributed by atoms with Gasteiger partial charge in [0.05, 0.1) is 28.2 Å². The molecule has 1 fully saturated rings. The minimum absolute atomic E-state index is 0.0116. The zero-order chi connectivity index (χ0) is 24.8. The number of hydrogen-bond donors (Lipinski definition) is 1. The van der Waals surface area contributed by atoms with E-state index in [0.29, 0.717) is 33.9 Å². The molecule has 3 aromatic rings. The average molecular weight is 509 g/mol. The highest BCUT2D eigenvalue weighted by molar-refractivity contribution is 8.18. The number of nitrogens with zero attached hydrogens (tertiary/aromatic N) is 3. The van der Waals surface area contributed by atoms with Crippen LogP contribution in [0.15, 0.2) is 41.3 Å². The fourth-order valence-electron chi connectivity index (χ4n) is 3.62. The largest absolute Gasteiger partial charge is 0.416 e. The summed E-state index contributed by atoms with van der Waals surface area (Å²) < 4.78 is 41.9. The Labute approximate surface area is 200 Å². The van der Waals surface area contributed by atoms with Crippen molar-refractivity contribution in [2.75, 3.05) is 6.54 Å². The van der Waals surface area contributed by atoms with Crippen LogP contribution in [0.5, 0.6) is 0 Å². The van der Waals surface area contributed by atoms with E-state index in [1.54, 1.807) is 25.1 Å².